The molecular weight excluding hydrogens is 280 g/mol. The fraction of sp³-hybridized carbons (Fsp3) is 0.176. The topological polar surface area (TPSA) is 75.4 Å². The molecule has 1 amide bonds. The number of amides is 1. The number of rotatable bonds is 2. The molecule has 0 spiro atoms. The Hall–Kier alpha value is -2.66. The highest BCUT2D eigenvalue weighted by molar-refractivity contribution is 5.80. The van der Waals surface area contributed by atoms with E-state index in [1.54, 1.807) is 0 Å². The summed E-state index contributed by atoms with van der Waals surface area (Å²) >= 11 is 0. The quantitative estimate of drug-likeness (QED) is 0.431. The Kier molecular flexibility index (Phi) is 6.14. The van der Waals surface area contributed by atoms with Crippen LogP contribution in [0.25, 0.3) is 11.0 Å². The number of hydrogen-bond donors (Lipinski definition) is 2. The van der Waals surface area contributed by atoms with E-state index in [-0.39, 0.29) is 6.41 Å². The number of carbonyl (C=O) groups excluding carboxylic acids is 1. The summed E-state index contributed by atoms with van der Waals surface area (Å²) in [6.45, 7) is 0. The summed E-state index contributed by atoms with van der Waals surface area (Å²) < 4.78 is 5.20. The zero-order chi connectivity index (χ0) is 15.6. The first kappa shape index (κ1) is 15.7. The Bertz CT molecular complexity index is 652. The van der Waals surface area contributed by atoms with Crippen molar-refractivity contribution >= 4 is 17.4 Å². The molecule has 1 saturated carbocycles. The van der Waals surface area contributed by atoms with Crippen molar-refractivity contribution in [1.29, 1.82) is 0 Å². The van der Waals surface area contributed by atoms with Crippen molar-refractivity contribution in [3.05, 3.63) is 66.4 Å². The van der Waals surface area contributed by atoms with Crippen LogP contribution in [0, 0.1) is 0 Å². The van der Waals surface area contributed by atoms with Gasteiger partial charge in [0.1, 0.15) is 0 Å². The van der Waals surface area contributed by atoms with Gasteiger partial charge in [0.25, 0.3) is 0 Å². The summed E-state index contributed by atoms with van der Waals surface area (Å²) in [5.41, 5.74) is 3.32. The molecule has 0 unspecified atom stereocenters. The number of hydroxylamine groups is 1. The van der Waals surface area contributed by atoms with Crippen molar-refractivity contribution in [2.75, 3.05) is 0 Å². The van der Waals surface area contributed by atoms with E-state index in [0.29, 0.717) is 5.92 Å². The molecule has 0 aliphatic heterocycles. The SMILES string of the molecule is O=CNO.c1ccc2c(C3CC3)noc2c1.c1ccccc1. The van der Waals surface area contributed by atoms with Crippen LogP contribution < -0.4 is 5.48 Å². The molecule has 2 aromatic carbocycles. The molecule has 1 aliphatic rings. The number of para-hydroxylation sites is 1. The van der Waals surface area contributed by atoms with E-state index in [0.717, 1.165) is 11.3 Å². The smallest absolute Gasteiger partial charge is 0.230 e. The predicted molar refractivity (Wildman–Crippen MR) is 83.4 cm³/mol. The van der Waals surface area contributed by atoms with E-state index in [1.807, 2.05) is 54.6 Å². The van der Waals surface area contributed by atoms with Gasteiger partial charge in [0.05, 0.1) is 5.69 Å². The highest BCUT2D eigenvalue weighted by Gasteiger charge is 2.28. The summed E-state index contributed by atoms with van der Waals surface area (Å²) in [4.78, 5) is 8.81. The zero-order valence-corrected chi connectivity index (χ0v) is 12.1. The van der Waals surface area contributed by atoms with Gasteiger partial charge in [-0.1, -0.05) is 53.7 Å². The lowest BCUT2D eigenvalue weighted by Crippen LogP contribution is -1.99. The van der Waals surface area contributed by atoms with Crippen LogP contribution in [0.5, 0.6) is 0 Å². The molecule has 3 aromatic rings. The van der Waals surface area contributed by atoms with Crippen molar-refractivity contribution in [1.82, 2.24) is 10.6 Å². The monoisotopic (exact) mass is 298 g/mol. The normalized spacial score (nSPS) is 12.4. The van der Waals surface area contributed by atoms with Gasteiger partial charge in [0.2, 0.25) is 6.41 Å². The summed E-state index contributed by atoms with van der Waals surface area (Å²) in [7, 11) is 0. The van der Waals surface area contributed by atoms with Crippen molar-refractivity contribution in [2.24, 2.45) is 0 Å². The Morgan fingerprint density at radius 1 is 1.05 bits per heavy atom. The van der Waals surface area contributed by atoms with Gasteiger partial charge in [0.15, 0.2) is 5.58 Å². The van der Waals surface area contributed by atoms with Crippen LogP contribution in [0.1, 0.15) is 24.5 Å². The summed E-state index contributed by atoms with van der Waals surface area (Å²) in [6, 6.07) is 20.1. The van der Waals surface area contributed by atoms with E-state index < -0.39 is 0 Å². The second-order valence-electron chi connectivity index (χ2n) is 4.74. The van der Waals surface area contributed by atoms with Gasteiger partial charge in [0, 0.05) is 11.3 Å². The molecule has 114 valence electrons. The Morgan fingerprint density at radius 3 is 2.09 bits per heavy atom. The lowest BCUT2D eigenvalue weighted by atomic mass is 10.1. The molecule has 2 N–H and O–H groups in total. The van der Waals surface area contributed by atoms with Gasteiger partial charge in [-0.25, -0.2) is 5.48 Å². The highest BCUT2D eigenvalue weighted by atomic mass is 16.5. The number of aromatic nitrogens is 1. The summed E-state index contributed by atoms with van der Waals surface area (Å²) in [6.07, 6.45) is 2.73. The maximum atomic E-state index is 8.81. The molecule has 0 bridgehead atoms. The zero-order valence-electron chi connectivity index (χ0n) is 12.1. The van der Waals surface area contributed by atoms with Crippen LogP contribution in [0.3, 0.4) is 0 Å². The van der Waals surface area contributed by atoms with E-state index in [1.165, 1.54) is 23.7 Å². The van der Waals surface area contributed by atoms with Gasteiger partial charge in [-0.3, -0.25) is 10.0 Å². The molecule has 1 heterocycles. The van der Waals surface area contributed by atoms with Crippen molar-refractivity contribution in [3.63, 3.8) is 0 Å². The fourth-order valence-electron chi connectivity index (χ4n) is 1.94. The minimum atomic E-state index is 0.181. The molecule has 5 heteroatoms. The number of nitrogens with zero attached hydrogens (tertiary/aromatic N) is 1. The second kappa shape index (κ2) is 8.59. The molecule has 0 saturated heterocycles. The van der Waals surface area contributed by atoms with Crippen LogP contribution in [-0.2, 0) is 4.79 Å². The second-order valence-corrected chi connectivity index (χ2v) is 4.74. The van der Waals surface area contributed by atoms with E-state index in [4.69, 9.17) is 14.5 Å². The van der Waals surface area contributed by atoms with Crippen LogP contribution >= 0.6 is 0 Å². The van der Waals surface area contributed by atoms with Crippen molar-refractivity contribution in [2.45, 2.75) is 18.8 Å². The third kappa shape index (κ3) is 4.71. The summed E-state index contributed by atoms with van der Waals surface area (Å²) in [5.74, 6) is 0.675. The Balaban J connectivity index is 0.000000149. The first-order valence-corrected chi connectivity index (χ1v) is 7.04. The summed E-state index contributed by atoms with van der Waals surface area (Å²) in [5, 5.41) is 12.5. The molecule has 4 rings (SSSR count). The maximum absolute atomic E-state index is 8.81. The number of carbonyl (C=O) groups is 1. The van der Waals surface area contributed by atoms with Crippen molar-refractivity contribution < 1.29 is 14.5 Å². The van der Waals surface area contributed by atoms with Gasteiger partial charge in [-0.15, -0.1) is 0 Å². The van der Waals surface area contributed by atoms with Crippen molar-refractivity contribution in [3.8, 4) is 0 Å². The average molecular weight is 298 g/mol. The lowest BCUT2D eigenvalue weighted by Gasteiger charge is -1.87. The Labute approximate surface area is 128 Å². The molecule has 1 aromatic heterocycles. The van der Waals surface area contributed by atoms with Crippen LogP contribution in [-0.4, -0.2) is 16.8 Å². The molecule has 0 radical (unpaired) electrons. The molecule has 1 fully saturated rings. The van der Waals surface area contributed by atoms with E-state index in [9.17, 15) is 0 Å². The largest absolute Gasteiger partial charge is 0.356 e. The van der Waals surface area contributed by atoms with Crippen LogP contribution in [0.15, 0.2) is 65.2 Å². The number of benzene rings is 2. The van der Waals surface area contributed by atoms with Gasteiger partial charge >= 0.3 is 0 Å². The van der Waals surface area contributed by atoms with E-state index >= 15 is 0 Å². The van der Waals surface area contributed by atoms with E-state index in [2.05, 4.69) is 11.2 Å². The maximum Gasteiger partial charge on any atom is 0.230 e. The molecular formula is C17H18N2O3. The predicted octanol–water partition coefficient (Wildman–Crippen LogP) is 3.51. The standard InChI is InChI=1S/C10H9NO.C6H6.CH3NO2/c1-2-4-9-8(3-1)10(11-12-9)7-5-6-7;1-2-4-6-5-3-1;3-1-2-4/h1-4,7H,5-6H2;1-6H;1,4H,(H,2,3). The number of hydrogen-bond acceptors (Lipinski definition) is 4. The average Bonchev–Trinajstić information content (AvgIpc) is 3.36. The lowest BCUT2D eigenvalue weighted by molar-refractivity contribution is -0.116. The highest BCUT2D eigenvalue weighted by Crippen LogP contribution is 2.42. The van der Waals surface area contributed by atoms with Crippen LogP contribution in [0.4, 0.5) is 0 Å². The third-order valence-electron chi connectivity index (χ3n) is 3.09. The Morgan fingerprint density at radius 2 is 1.59 bits per heavy atom. The van der Waals surface area contributed by atoms with Gasteiger partial charge < -0.3 is 4.52 Å². The molecule has 22 heavy (non-hydrogen) atoms. The first-order chi connectivity index (χ1) is 10.9. The number of fused-ring (bicyclic) bond motifs is 1. The molecule has 5 nitrogen and oxygen atoms in total. The first-order valence-electron chi connectivity index (χ1n) is 7.04. The minimum Gasteiger partial charge on any atom is -0.356 e. The molecule has 0 atom stereocenters. The van der Waals surface area contributed by atoms with Gasteiger partial charge in [-0.2, -0.15) is 0 Å². The molecule has 1 aliphatic carbocycles. The minimum absolute atomic E-state index is 0.181. The van der Waals surface area contributed by atoms with Crippen LogP contribution in [0.2, 0.25) is 0 Å². The number of nitrogens with one attached hydrogen (secondary N) is 1. The third-order valence-corrected chi connectivity index (χ3v) is 3.09. The fourth-order valence-corrected chi connectivity index (χ4v) is 1.94. The van der Waals surface area contributed by atoms with Gasteiger partial charge in [-0.05, 0) is 25.0 Å².